The molecule has 0 fully saturated rings. The van der Waals surface area contributed by atoms with Gasteiger partial charge in [-0.15, -0.1) is 10.2 Å². The summed E-state index contributed by atoms with van der Waals surface area (Å²) < 4.78 is 15.3. The molecule has 12 heteroatoms. The van der Waals surface area contributed by atoms with E-state index >= 15 is 0 Å². The normalized spacial score (nSPS) is 11.6. The molecule has 33 heavy (non-hydrogen) atoms. The molecule has 0 radical (unpaired) electrons. The summed E-state index contributed by atoms with van der Waals surface area (Å²) in [5.74, 6) is -0.921. The summed E-state index contributed by atoms with van der Waals surface area (Å²) in [7, 11) is 1.68. The fourth-order valence-corrected chi connectivity index (χ4v) is 3.78. The molecule has 1 heterocycles. The van der Waals surface area contributed by atoms with Crippen LogP contribution in [0.3, 0.4) is 0 Å². The molecule has 3 rings (SSSR count). The monoisotopic (exact) mass is 472 g/mol. The van der Waals surface area contributed by atoms with Gasteiger partial charge in [0, 0.05) is 24.9 Å². The van der Waals surface area contributed by atoms with Gasteiger partial charge in [0.05, 0.1) is 22.3 Å². The van der Waals surface area contributed by atoms with E-state index in [1.54, 1.807) is 17.7 Å². The van der Waals surface area contributed by atoms with Crippen molar-refractivity contribution in [3.05, 3.63) is 70.3 Å². The van der Waals surface area contributed by atoms with E-state index in [0.717, 1.165) is 0 Å². The number of anilines is 2. The highest BCUT2D eigenvalue weighted by Gasteiger charge is 2.23. The van der Waals surface area contributed by atoms with Gasteiger partial charge >= 0.3 is 0 Å². The highest BCUT2D eigenvalue weighted by molar-refractivity contribution is 8.00. The van der Waals surface area contributed by atoms with Crippen LogP contribution in [0, 0.1) is 15.9 Å². The lowest BCUT2D eigenvalue weighted by atomic mass is 10.2. The van der Waals surface area contributed by atoms with Gasteiger partial charge in [0.25, 0.3) is 5.69 Å². The highest BCUT2D eigenvalue weighted by Crippen LogP contribution is 2.26. The van der Waals surface area contributed by atoms with Crippen LogP contribution in [0.25, 0.3) is 0 Å². The Kier molecular flexibility index (Phi) is 7.72. The third-order valence-electron chi connectivity index (χ3n) is 4.65. The lowest BCUT2D eigenvalue weighted by Gasteiger charge is -2.14. The number of nitro groups is 1. The van der Waals surface area contributed by atoms with E-state index < -0.39 is 21.9 Å². The first-order valence-corrected chi connectivity index (χ1v) is 10.8. The standard InChI is InChI=1S/C21H21FN6O4S/c1-3-17(20(30)23-13-8-10-14(11-9-13)28(31)32)33-21-26-25-18(27(21)2)12-19(29)24-16-7-5-4-6-15(16)22/h4-11,17H,3,12H2,1-2H3,(H,23,30)(H,24,29)/t17-/m0/s1. The van der Waals surface area contributed by atoms with Crippen molar-refractivity contribution in [2.45, 2.75) is 30.2 Å². The molecule has 0 bridgehead atoms. The lowest BCUT2D eigenvalue weighted by Crippen LogP contribution is -2.25. The first-order chi connectivity index (χ1) is 15.8. The molecule has 2 aromatic carbocycles. The molecule has 0 aliphatic rings. The zero-order valence-electron chi connectivity index (χ0n) is 17.8. The first-order valence-electron chi connectivity index (χ1n) is 9.93. The van der Waals surface area contributed by atoms with E-state index in [0.29, 0.717) is 23.1 Å². The first kappa shape index (κ1) is 23.9. The van der Waals surface area contributed by atoms with E-state index in [2.05, 4.69) is 20.8 Å². The van der Waals surface area contributed by atoms with Gasteiger partial charge in [-0.1, -0.05) is 30.8 Å². The fraction of sp³-hybridized carbons (Fsp3) is 0.238. The Morgan fingerprint density at radius 2 is 1.85 bits per heavy atom. The number of nitrogens with one attached hydrogen (secondary N) is 2. The van der Waals surface area contributed by atoms with Gasteiger partial charge in [-0.2, -0.15) is 0 Å². The number of rotatable bonds is 9. The molecule has 0 aliphatic heterocycles. The van der Waals surface area contributed by atoms with Gasteiger partial charge in [-0.25, -0.2) is 4.39 Å². The van der Waals surface area contributed by atoms with Crippen LogP contribution in [0.1, 0.15) is 19.2 Å². The van der Waals surface area contributed by atoms with Crippen LogP contribution in [0.15, 0.2) is 53.7 Å². The molecular weight excluding hydrogens is 451 g/mol. The van der Waals surface area contributed by atoms with Crippen molar-refractivity contribution in [3.63, 3.8) is 0 Å². The third kappa shape index (κ3) is 6.13. The minimum absolute atomic E-state index is 0.0694. The molecular formula is C21H21FN6O4S. The van der Waals surface area contributed by atoms with Crippen LogP contribution < -0.4 is 10.6 Å². The molecule has 0 saturated heterocycles. The molecule has 0 aliphatic carbocycles. The molecule has 3 aromatic rings. The van der Waals surface area contributed by atoms with Crippen molar-refractivity contribution in [3.8, 4) is 0 Å². The Morgan fingerprint density at radius 1 is 1.15 bits per heavy atom. The summed E-state index contributed by atoms with van der Waals surface area (Å²) in [6, 6.07) is 11.4. The van der Waals surface area contributed by atoms with Crippen LogP contribution in [0.4, 0.5) is 21.5 Å². The number of non-ortho nitro benzene ring substituents is 1. The van der Waals surface area contributed by atoms with Crippen molar-refractivity contribution in [2.75, 3.05) is 10.6 Å². The van der Waals surface area contributed by atoms with Gasteiger partial charge in [0.2, 0.25) is 11.8 Å². The summed E-state index contributed by atoms with van der Waals surface area (Å²) in [6.07, 6.45) is 0.365. The molecule has 172 valence electrons. The predicted molar refractivity (Wildman–Crippen MR) is 121 cm³/mol. The Hall–Kier alpha value is -3.80. The summed E-state index contributed by atoms with van der Waals surface area (Å²) in [6.45, 7) is 1.84. The van der Waals surface area contributed by atoms with Gasteiger partial charge < -0.3 is 15.2 Å². The number of amides is 2. The molecule has 1 aromatic heterocycles. The van der Waals surface area contributed by atoms with Gasteiger partial charge in [0.15, 0.2) is 5.16 Å². The zero-order valence-corrected chi connectivity index (χ0v) is 18.6. The zero-order chi connectivity index (χ0) is 24.0. The molecule has 0 saturated carbocycles. The number of nitro benzene ring substituents is 1. The second-order valence-corrected chi connectivity index (χ2v) is 8.14. The number of hydrogen-bond acceptors (Lipinski definition) is 7. The average Bonchev–Trinajstić information content (AvgIpc) is 3.12. The number of hydrogen-bond donors (Lipinski definition) is 2. The van der Waals surface area contributed by atoms with Crippen molar-refractivity contribution in [2.24, 2.45) is 7.05 Å². The number of halogens is 1. The van der Waals surface area contributed by atoms with Crippen LogP contribution in [-0.2, 0) is 23.1 Å². The maximum absolute atomic E-state index is 13.7. The SMILES string of the molecule is CC[C@H](Sc1nnc(CC(=O)Nc2ccccc2F)n1C)C(=O)Nc1ccc([N+](=O)[O-])cc1. The maximum atomic E-state index is 13.7. The summed E-state index contributed by atoms with van der Waals surface area (Å²) in [4.78, 5) is 35.2. The third-order valence-corrected chi connectivity index (χ3v) is 6.05. The van der Waals surface area contributed by atoms with Gasteiger partial charge in [0.1, 0.15) is 11.6 Å². The number of nitrogens with zero attached hydrogens (tertiary/aromatic N) is 4. The second kappa shape index (κ2) is 10.7. The minimum atomic E-state index is -0.537. The number of benzene rings is 2. The smallest absolute Gasteiger partial charge is 0.269 e. The number of thioether (sulfide) groups is 1. The van der Waals surface area contributed by atoms with E-state index in [1.165, 1.54) is 54.2 Å². The van der Waals surface area contributed by atoms with Crippen molar-refractivity contribution < 1.29 is 18.9 Å². The van der Waals surface area contributed by atoms with Crippen LogP contribution in [-0.4, -0.2) is 36.8 Å². The van der Waals surface area contributed by atoms with Crippen LogP contribution >= 0.6 is 11.8 Å². The topological polar surface area (TPSA) is 132 Å². The predicted octanol–water partition coefficient (Wildman–Crippen LogP) is 3.55. The van der Waals surface area contributed by atoms with E-state index in [4.69, 9.17) is 0 Å². The molecule has 0 spiro atoms. The summed E-state index contributed by atoms with van der Waals surface area (Å²) in [5.41, 5.74) is 0.446. The molecule has 1 atom stereocenters. The number of carbonyl (C=O) groups is 2. The Balaban J connectivity index is 1.62. The summed E-state index contributed by atoms with van der Waals surface area (Å²) in [5, 5.41) is 24.0. The van der Waals surface area contributed by atoms with Crippen LogP contribution in [0.2, 0.25) is 0 Å². The lowest BCUT2D eigenvalue weighted by molar-refractivity contribution is -0.384. The fourth-order valence-electron chi connectivity index (χ4n) is 2.84. The van der Waals surface area contributed by atoms with Crippen LogP contribution in [0.5, 0.6) is 0 Å². The van der Waals surface area contributed by atoms with Crippen molar-refractivity contribution in [1.29, 1.82) is 0 Å². The van der Waals surface area contributed by atoms with E-state index in [-0.39, 0.29) is 23.7 Å². The Bertz CT molecular complexity index is 1170. The molecule has 2 amide bonds. The maximum Gasteiger partial charge on any atom is 0.269 e. The number of carbonyl (C=O) groups excluding carboxylic acids is 2. The highest BCUT2D eigenvalue weighted by atomic mass is 32.2. The average molecular weight is 473 g/mol. The van der Waals surface area contributed by atoms with Gasteiger partial charge in [-0.05, 0) is 30.7 Å². The molecule has 10 nitrogen and oxygen atoms in total. The molecule has 0 unspecified atom stereocenters. The van der Waals surface area contributed by atoms with E-state index in [9.17, 15) is 24.1 Å². The molecule has 2 N–H and O–H groups in total. The number of para-hydroxylation sites is 1. The Morgan fingerprint density at radius 3 is 2.48 bits per heavy atom. The quantitative estimate of drug-likeness (QED) is 0.276. The van der Waals surface area contributed by atoms with E-state index in [1.807, 2.05) is 6.92 Å². The summed E-state index contributed by atoms with van der Waals surface area (Å²) >= 11 is 1.18. The van der Waals surface area contributed by atoms with Gasteiger partial charge in [-0.3, -0.25) is 19.7 Å². The van der Waals surface area contributed by atoms with Crippen molar-refractivity contribution >= 4 is 40.6 Å². The minimum Gasteiger partial charge on any atom is -0.325 e. The largest absolute Gasteiger partial charge is 0.325 e. The second-order valence-electron chi connectivity index (χ2n) is 6.97. The Labute approximate surface area is 192 Å². The number of aromatic nitrogens is 3. The van der Waals surface area contributed by atoms with Crippen molar-refractivity contribution in [1.82, 2.24) is 14.8 Å².